The average molecular weight is 421 g/mol. The molecular formula is C20H21F2N3O5. The normalized spacial score (nSPS) is 16.5. The number of amides is 1. The Hall–Kier alpha value is -3.27. The third-order valence-electron chi connectivity index (χ3n) is 4.80. The maximum atomic E-state index is 12.7. The number of rotatable bonds is 8. The summed E-state index contributed by atoms with van der Waals surface area (Å²) >= 11 is 0. The summed E-state index contributed by atoms with van der Waals surface area (Å²) in [4.78, 5) is 25.5. The van der Waals surface area contributed by atoms with Gasteiger partial charge in [-0.2, -0.15) is 8.78 Å². The Kier molecular flexibility index (Phi) is 6.78. The minimum absolute atomic E-state index is 0.191. The summed E-state index contributed by atoms with van der Waals surface area (Å²) in [6, 6.07) is 11.5. The van der Waals surface area contributed by atoms with E-state index in [0.29, 0.717) is 13.0 Å². The standard InChI is InChI=1S/C20H21F2N3O5/c1-29-17-9-15(16(25(27)28)10-18(17)30-20(21)22)19(26)23-14-7-8-24(12-14)11-13-5-3-2-4-6-13/h2-6,9-10,14,20H,7-8,11-12H2,1H3,(H,23,26). The maximum Gasteiger partial charge on any atom is 0.387 e. The van der Waals surface area contributed by atoms with Crippen molar-refractivity contribution in [1.82, 2.24) is 10.2 Å². The van der Waals surface area contributed by atoms with Crippen molar-refractivity contribution in [3.63, 3.8) is 0 Å². The van der Waals surface area contributed by atoms with Crippen LogP contribution in [0.15, 0.2) is 42.5 Å². The molecule has 0 radical (unpaired) electrons. The molecule has 1 fully saturated rings. The van der Waals surface area contributed by atoms with Crippen molar-refractivity contribution in [1.29, 1.82) is 0 Å². The monoisotopic (exact) mass is 421 g/mol. The fraction of sp³-hybridized carbons (Fsp3) is 0.350. The van der Waals surface area contributed by atoms with E-state index in [1.165, 1.54) is 7.11 Å². The Labute approximate surface area is 171 Å². The van der Waals surface area contributed by atoms with E-state index in [2.05, 4.69) is 15.0 Å². The number of hydrogen-bond acceptors (Lipinski definition) is 6. The van der Waals surface area contributed by atoms with Crippen LogP contribution in [0.3, 0.4) is 0 Å². The third-order valence-corrected chi connectivity index (χ3v) is 4.80. The molecule has 3 rings (SSSR count). The number of halogens is 2. The lowest BCUT2D eigenvalue weighted by Gasteiger charge is -2.17. The van der Waals surface area contributed by atoms with Crippen molar-refractivity contribution in [2.24, 2.45) is 0 Å². The molecule has 1 heterocycles. The smallest absolute Gasteiger partial charge is 0.387 e. The highest BCUT2D eigenvalue weighted by Gasteiger charge is 2.29. The van der Waals surface area contributed by atoms with Gasteiger partial charge in [0.25, 0.3) is 11.6 Å². The Bertz CT molecular complexity index is 911. The molecule has 2 aromatic carbocycles. The number of nitrogens with zero attached hydrogens (tertiary/aromatic N) is 2. The molecule has 0 spiro atoms. The summed E-state index contributed by atoms with van der Waals surface area (Å²) in [6.45, 7) is -1.09. The van der Waals surface area contributed by atoms with E-state index < -0.39 is 28.9 Å². The quantitative estimate of drug-likeness (QED) is 0.520. The summed E-state index contributed by atoms with van der Waals surface area (Å²) < 4.78 is 34.3. The molecule has 160 valence electrons. The van der Waals surface area contributed by atoms with Gasteiger partial charge in [0.1, 0.15) is 5.56 Å². The van der Waals surface area contributed by atoms with Gasteiger partial charge < -0.3 is 14.8 Å². The van der Waals surface area contributed by atoms with Crippen molar-refractivity contribution in [3.05, 3.63) is 63.7 Å². The predicted octanol–water partition coefficient (Wildman–Crippen LogP) is 3.21. The van der Waals surface area contributed by atoms with Gasteiger partial charge in [-0.15, -0.1) is 0 Å². The van der Waals surface area contributed by atoms with E-state index >= 15 is 0 Å². The largest absolute Gasteiger partial charge is 0.493 e. The Morgan fingerprint density at radius 2 is 2.03 bits per heavy atom. The van der Waals surface area contributed by atoms with E-state index in [0.717, 1.165) is 30.8 Å². The number of nitro groups is 1. The molecule has 1 saturated heterocycles. The van der Waals surface area contributed by atoms with Crippen LogP contribution in [0.25, 0.3) is 0 Å². The first kappa shape index (κ1) is 21.4. The van der Waals surface area contributed by atoms with Crippen molar-refractivity contribution in [3.8, 4) is 11.5 Å². The minimum Gasteiger partial charge on any atom is -0.493 e. The SMILES string of the molecule is COc1cc(C(=O)NC2CCN(Cc3ccccc3)C2)c([N+](=O)[O-])cc1OC(F)F. The summed E-state index contributed by atoms with van der Waals surface area (Å²) in [5.74, 6) is -1.37. The van der Waals surface area contributed by atoms with Gasteiger partial charge in [0.05, 0.1) is 18.1 Å². The van der Waals surface area contributed by atoms with E-state index in [-0.39, 0.29) is 17.4 Å². The lowest BCUT2D eigenvalue weighted by atomic mass is 10.1. The van der Waals surface area contributed by atoms with Crippen molar-refractivity contribution >= 4 is 11.6 Å². The number of hydrogen-bond donors (Lipinski definition) is 1. The van der Waals surface area contributed by atoms with Crippen LogP contribution in [-0.4, -0.2) is 48.6 Å². The van der Waals surface area contributed by atoms with Gasteiger partial charge in [-0.25, -0.2) is 0 Å². The summed E-state index contributed by atoms with van der Waals surface area (Å²) in [6.07, 6.45) is 0.691. The summed E-state index contributed by atoms with van der Waals surface area (Å²) in [7, 11) is 1.19. The zero-order chi connectivity index (χ0) is 21.7. The molecule has 1 aliphatic heterocycles. The van der Waals surface area contributed by atoms with Gasteiger partial charge in [-0.3, -0.25) is 19.8 Å². The van der Waals surface area contributed by atoms with Crippen molar-refractivity contribution in [2.75, 3.05) is 20.2 Å². The number of carbonyl (C=O) groups is 1. The Balaban J connectivity index is 1.72. The highest BCUT2D eigenvalue weighted by Crippen LogP contribution is 2.35. The van der Waals surface area contributed by atoms with Gasteiger partial charge >= 0.3 is 6.61 Å². The van der Waals surface area contributed by atoms with Crippen LogP contribution in [0.4, 0.5) is 14.5 Å². The zero-order valence-corrected chi connectivity index (χ0v) is 16.2. The van der Waals surface area contributed by atoms with E-state index in [1.807, 2.05) is 30.3 Å². The molecule has 0 bridgehead atoms. The number of ether oxygens (including phenoxy) is 2. The summed E-state index contributed by atoms with van der Waals surface area (Å²) in [5.41, 5.74) is 0.238. The minimum atomic E-state index is -3.19. The molecule has 1 aliphatic rings. The van der Waals surface area contributed by atoms with Crippen LogP contribution >= 0.6 is 0 Å². The molecular weight excluding hydrogens is 400 g/mol. The lowest BCUT2D eigenvalue weighted by Crippen LogP contribution is -2.37. The first-order valence-corrected chi connectivity index (χ1v) is 9.25. The number of carbonyl (C=O) groups excluding carboxylic acids is 1. The molecule has 2 aromatic rings. The topological polar surface area (TPSA) is 93.9 Å². The molecule has 1 amide bonds. The predicted molar refractivity (Wildman–Crippen MR) is 104 cm³/mol. The fourth-order valence-electron chi connectivity index (χ4n) is 3.43. The van der Waals surface area contributed by atoms with Crippen molar-refractivity contribution in [2.45, 2.75) is 25.6 Å². The molecule has 10 heteroatoms. The van der Waals surface area contributed by atoms with Gasteiger partial charge in [0, 0.05) is 31.7 Å². The second-order valence-corrected chi connectivity index (χ2v) is 6.84. The first-order chi connectivity index (χ1) is 14.4. The van der Waals surface area contributed by atoms with E-state index in [1.54, 1.807) is 0 Å². The maximum absolute atomic E-state index is 12.7. The van der Waals surface area contributed by atoms with Crippen LogP contribution in [0, 0.1) is 10.1 Å². The van der Waals surface area contributed by atoms with Crippen LogP contribution in [0.2, 0.25) is 0 Å². The second kappa shape index (κ2) is 9.49. The van der Waals surface area contributed by atoms with Crippen LogP contribution in [0.5, 0.6) is 11.5 Å². The number of nitro benzene ring substituents is 1. The first-order valence-electron chi connectivity index (χ1n) is 9.25. The second-order valence-electron chi connectivity index (χ2n) is 6.84. The molecule has 30 heavy (non-hydrogen) atoms. The number of methoxy groups -OCH3 is 1. The highest BCUT2D eigenvalue weighted by molar-refractivity contribution is 5.99. The van der Waals surface area contributed by atoms with E-state index in [9.17, 15) is 23.7 Å². The average Bonchev–Trinajstić information content (AvgIpc) is 3.14. The van der Waals surface area contributed by atoms with Gasteiger partial charge in [-0.05, 0) is 12.0 Å². The van der Waals surface area contributed by atoms with Crippen LogP contribution < -0.4 is 14.8 Å². The highest BCUT2D eigenvalue weighted by atomic mass is 19.3. The van der Waals surface area contributed by atoms with E-state index in [4.69, 9.17) is 4.74 Å². The number of likely N-dealkylation sites (tertiary alicyclic amines) is 1. The molecule has 8 nitrogen and oxygen atoms in total. The van der Waals surface area contributed by atoms with Crippen LogP contribution in [-0.2, 0) is 6.54 Å². The number of nitrogens with one attached hydrogen (secondary N) is 1. The zero-order valence-electron chi connectivity index (χ0n) is 16.2. The third kappa shape index (κ3) is 5.20. The van der Waals surface area contributed by atoms with Gasteiger partial charge in [0.2, 0.25) is 0 Å². The Morgan fingerprint density at radius 1 is 1.30 bits per heavy atom. The number of alkyl halides is 2. The van der Waals surface area contributed by atoms with Gasteiger partial charge in [0.15, 0.2) is 11.5 Å². The molecule has 0 saturated carbocycles. The Morgan fingerprint density at radius 3 is 2.67 bits per heavy atom. The molecule has 1 N–H and O–H groups in total. The molecule has 0 aliphatic carbocycles. The number of benzene rings is 2. The summed E-state index contributed by atoms with van der Waals surface area (Å²) in [5, 5.41) is 14.2. The van der Waals surface area contributed by atoms with Crippen molar-refractivity contribution < 1.29 is 28.0 Å². The fourth-order valence-corrected chi connectivity index (χ4v) is 3.43. The molecule has 1 unspecified atom stereocenters. The lowest BCUT2D eigenvalue weighted by molar-refractivity contribution is -0.385. The molecule has 0 aromatic heterocycles. The molecule has 1 atom stereocenters. The van der Waals surface area contributed by atoms with Crippen LogP contribution in [0.1, 0.15) is 22.3 Å². The van der Waals surface area contributed by atoms with Gasteiger partial charge in [-0.1, -0.05) is 30.3 Å².